The fourth-order valence-corrected chi connectivity index (χ4v) is 3.90. The Kier molecular flexibility index (Phi) is 6.45. The third-order valence-corrected chi connectivity index (χ3v) is 6.01. The second kappa shape index (κ2) is 8.56. The first-order valence-electron chi connectivity index (χ1n) is 8.25. The van der Waals surface area contributed by atoms with Gasteiger partial charge in [0, 0.05) is 18.7 Å². The monoisotopic (exact) mass is 368 g/mol. The molecule has 0 amide bonds. The van der Waals surface area contributed by atoms with Crippen molar-refractivity contribution in [1.82, 2.24) is 4.31 Å². The van der Waals surface area contributed by atoms with Crippen molar-refractivity contribution in [2.24, 2.45) is 0 Å². The van der Waals surface area contributed by atoms with Crippen molar-refractivity contribution >= 4 is 21.9 Å². The maximum atomic E-state index is 12.4. The number of nitriles is 1. The smallest absolute Gasteiger partial charge is 0.243 e. The van der Waals surface area contributed by atoms with Crippen molar-refractivity contribution in [3.63, 3.8) is 0 Å². The van der Waals surface area contributed by atoms with Gasteiger partial charge in [-0.25, -0.2) is 8.42 Å². The number of benzene rings is 2. The van der Waals surface area contributed by atoms with E-state index in [9.17, 15) is 13.2 Å². The van der Waals surface area contributed by atoms with Crippen LogP contribution in [0, 0.1) is 11.3 Å². The quantitative estimate of drug-likeness (QED) is 0.554. The second-order valence-electron chi connectivity index (χ2n) is 5.55. The van der Waals surface area contributed by atoms with Crippen molar-refractivity contribution in [3.05, 3.63) is 71.3 Å². The summed E-state index contributed by atoms with van der Waals surface area (Å²) in [7, 11) is -3.53. The van der Waals surface area contributed by atoms with Crippen LogP contribution >= 0.6 is 0 Å². The van der Waals surface area contributed by atoms with Crippen molar-refractivity contribution in [2.75, 3.05) is 13.1 Å². The summed E-state index contributed by atoms with van der Waals surface area (Å²) in [5.41, 5.74) is 1.77. The van der Waals surface area contributed by atoms with Crippen LogP contribution in [0.1, 0.15) is 35.3 Å². The van der Waals surface area contributed by atoms with Crippen LogP contribution in [0.2, 0.25) is 0 Å². The first-order valence-corrected chi connectivity index (χ1v) is 9.69. The highest BCUT2D eigenvalue weighted by Crippen LogP contribution is 2.17. The molecule has 0 N–H and O–H groups in total. The molecule has 5 nitrogen and oxygen atoms in total. The topological polar surface area (TPSA) is 78.2 Å². The average Bonchev–Trinajstić information content (AvgIpc) is 2.67. The summed E-state index contributed by atoms with van der Waals surface area (Å²) in [4.78, 5) is 12.4. The number of ketones is 1. The molecule has 2 aromatic rings. The van der Waals surface area contributed by atoms with E-state index in [0.29, 0.717) is 24.2 Å². The molecule has 0 heterocycles. The number of carbonyl (C=O) groups is 1. The summed E-state index contributed by atoms with van der Waals surface area (Å²) in [5, 5.41) is 8.77. The number of nitrogens with zero attached hydrogens (tertiary/aromatic N) is 2. The Hall–Kier alpha value is -2.75. The molecule has 6 heteroatoms. The minimum absolute atomic E-state index is 0.175. The molecule has 0 atom stereocenters. The largest absolute Gasteiger partial charge is 0.289 e. The predicted octanol–water partition coefficient (Wildman–Crippen LogP) is 3.48. The van der Waals surface area contributed by atoms with E-state index in [2.05, 4.69) is 0 Å². The lowest BCUT2D eigenvalue weighted by Gasteiger charge is -2.18. The first-order chi connectivity index (χ1) is 12.4. The summed E-state index contributed by atoms with van der Waals surface area (Å²) < 4.78 is 26.3. The molecule has 2 aromatic carbocycles. The third kappa shape index (κ3) is 4.45. The number of hydrogen-bond donors (Lipinski definition) is 0. The minimum Gasteiger partial charge on any atom is -0.289 e. The van der Waals surface area contributed by atoms with Crippen LogP contribution in [0.5, 0.6) is 0 Å². The lowest BCUT2D eigenvalue weighted by atomic mass is 10.1. The maximum absolute atomic E-state index is 12.4. The summed E-state index contributed by atoms with van der Waals surface area (Å²) in [5.74, 6) is -0.221. The third-order valence-electron chi connectivity index (χ3n) is 3.95. The zero-order valence-electron chi connectivity index (χ0n) is 14.7. The van der Waals surface area contributed by atoms with Gasteiger partial charge in [-0.05, 0) is 48.0 Å². The molecule has 2 rings (SSSR count). The van der Waals surface area contributed by atoms with Gasteiger partial charge in [0.25, 0.3) is 0 Å². The Morgan fingerprint density at radius 2 is 1.62 bits per heavy atom. The molecule has 0 fully saturated rings. The van der Waals surface area contributed by atoms with Crippen LogP contribution in [0.4, 0.5) is 0 Å². The highest BCUT2D eigenvalue weighted by molar-refractivity contribution is 7.89. The van der Waals surface area contributed by atoms with Gasteiger partial charge >= 0.3 is 0 Å². The number of carbonyl (C=O) groups excluding carboxylic acids is 1. The van der Waals surface area contributed by atoms with Gasteiger partial charge in [0.2, 0.25) is 10.0 Å². The van der Waals surface area contributed by atoms with Crippen LogP contribution in [0.15, 0.2) is 59.5 Å². The van der Waals surface area contributed by atoms with Gasteiger partial charge in [0.15, 0.2) is 5.78 Å². The van der Waals surface area contributed by atoms with E-state index in [-0.39, 0.29) is 10.7 Å². The van der Waals surface area contributed by atoms with Gasteiger partial charge in [0.05, 0.1) is 16.5 Å². The predicted molar refractivity (Wildman–Crippen MR) is 101 cm³/mol. The first kappa shape index (κ1) is 19.6. The molecule has 0 aliphatic carbocycles. The molecule has 0 saturated heterocycles. The summed E-state index contributed by atoms with van der Waals surface area (Å²) in [6.07, 6.45) is 3.08. The SMILES string of the molecule is CCN(CC)S(=O)(=O)c1ccc(C(=O)C=Cc2ccc(C#N)cc2)cc1. The normalized spacial score (nSPS) is 11.6. The van der Waals surface area contributed by atoms with E-state index in [0.717, 1.165) is 5.56 Å². The van der Waals surface area contributed by atoms with Gasteiger partial charge in [-0.15, -0.1) is 0 Å². The van der Waals surface area contributed by atoms with Gasteiger partial charge in [-0.1, -0.05) is 32.1 Å². The molecule has 0 aliphatic rings. The zero-order valence-corrected chi connectivity index (χ0v) is 15.5. The molecular formula is C20H20N2O3S. The lowest BCUT2D eigenvalue weighted by molar-refractivity contribution is 0.104. The molecule has 0 bridgehead atoms. The van der Waals surface area contributed by atoms with Crippen molar-refractivity contribution in [1.29, 1.82) is 5.26 Å². The Bertz CT molecular complexity index is 934. The van der Waals surface area contributed by atoms with Crippen LogP contribution in [0.3, 0.4) is 0 Å². The number of allylic oxidation sites excluding steroid dienone is 1. The highest BCUT2D eigenvalue weighted by atomic mass is 32.2. The lowest BCUT2D eigenvalue weighted by Crippen LogP contribution is -2.30. The standard InChI is InChI=1S/C20H20N2O3S/c1-3-22(4-2)26(24,25)19-12-10-18(11-13-19)20(23)14-9-16-5-7-17(15-21)8-6-16/h5-14H,3-4H2,1-2H3. The van der Waals surface area contributed by atoms with Gasteiger partial charge < -0.3 is 0 Å². The Morgan fingerprint density at radius 3 is 2.12 bits per heavy atom. The van der Waals surface area contributed by atoms with E-state index < -0.39 is 10.0 Å². The van der Waals surface area contributed by atoms with Gasteiger partial charge in [0.1, 0.15) is 0 Å². The number of rotatable bonds is 7. The van der Waals surface area contributed by atoms with Crippen molar-refractivity contribution < 1.29 is 13.2 Å². The molecule has 0 radical (unpaired) electrons. The Morgan fingerprint density at radius 1 is 1.04 bits per heavy atom. The highest BCUT2D eigenvalue weighted by Gasteiger charge is 2.21. The maximum Gasteiger partial charge on any atom is 0.243 e. The van der Waals surface area contributed by atoms with E-state index >= 15 is 0 Å². The average molecular weight is 368 g/mol. The molecule has 0 aromatic heterocycles. The molecule has 0 saturated carbocycles. The fraction of sp³-hybridized carbons (Fsp3) is 0.200. The zero-order chi connectivity index (χ0) is 19.2. The fourth-order valence-electron chi connectivity index (χ4n) is 2.44. The summed E-state index contributed by atoms with van der Waals surface area (Å²) in [6, 6.07) is 14.8. The molecule has 0 aliphatic heterocycles. The molecule has 0 unspecified atom stereocenters. The summed E-state index contributed by atoms with van der Waals surface area (Å²) in [6.45, 7) is 4.36. The van der Waals surface area contributed by atoms with Crippen LogP contribution in [0.25, 0.3) is 6.08 Å². The minimum atomic E-state index is -3.53. The van der Waals surface area contributed by atoms with Crippen LogP contribution in [-0.2, 0) is 10.0 Å². The molecule has 26 heavy (non-hydrogen) atoms. The molecule has 134 valence electrons. The van der Waals surface area contributed by atoms with Crippen molar-refractivity contribution in [2.45, 2.75) is 18.7 Å². The number of hydrogen-bond acceptors (Lipinski definition) is 4. The van der Waals surface area contributed by atoms with Crippen molar-refractivity contribution in [3.8, 4) is 6.07 Å². The summed E-state index contributed by atoms with van der Waals surface area (Å²) >= 11 is 0. The van der Waals surface area contributed by atoms with E-state index in [1.165, 1.54) is 34.6 Å². The second-order valence-corrected chi connectivity index (χ2v) is 7.48. The van der Waals surface area contributed by atoms with E-state index in [4.69, 9.17) is 5.26 Å². The Balaban J connectivity index is 2.15. The van der Waals surface area contributed by atoms with Crippen LogP contribution in [-0.4, -0.2) is 31.6 Å². The Labute approximate surface area is 154 Å². The van der Waals surface area contributed by atoms with Crippen LogP contribution < -0.4 is 0 Å². The van der Waals surface area contributed by atoms with E-state index in [1.54, 1.807) is 44.2 Å². The molecule has 0 spiro atoms. The van der Waals surface area contributed by atoms with Gasteiger partial charge in [-0.2, -0.15) is 9.57 Å². The molecular weight excluding hydrogens is 348 g/mol. The number of sulfonamides is 1. The van der Waals surface area contributed by atoms with Gasteiger partial charge in [-0.3, -0.25) is 4.79 Å². The van der Waals surface area contributed by atoms with E-state index in [1.807, 2.05) is 6.07 Å².